The molecule has 1 aliphatic carbocycles. The summed E-state index contributed by atoms with van der Waals surface area (Å²) in [6.45, 7) is 4.26. The monoisotopic (exact) mass is 224 g/mol. The number of hydrogen-bond acceptors (Lipinski definition) is 3. The van der Waals surface area contributed by atoms with E-state index in [9.17, 15) is 4.79 Å². The van der Waals surface area contributed by atoms with Crippen LogP contribution in [0, 0.1) is 22.7 Å². The Kier molecular flexibility index (Phi) is 3.93. The van der Waals surface area contributed by atoms with Crippen LogP contribution in [0.5, 0.6) is 0 Å². The number of aliphatic hydroxyl groups excluding tert-OH is 1. The first-order chi connectivity index (χ1) is 7.41. The molecule has 4 heteroatoms. The van der Waals surface area contributed by atoms with E-state index in [1.54, 1.807) is 18.9 Å². The molecule has 1 amide bonds. The average molecular weight is 224 g/mol. The summed E-state index contributed by atoms with van der Waals surface area (Å²) in [4.78, 5) is 13.6. The van der Waals surface area contributed by atoms with Crippen LogP contribution in [0.1, 0.15) is 33.1 Å². The second-order valence-corrected chi connectivity index (χ2v) is 5.07. The lowest BCUT2D eigenvalue weighted by molar-refractivity contribution is -0.144. The molecule has 0 aromatic heterocycles. The van der Waals surface area contributed by atoms with E-state index in [0.29, 0.717) is 31.7 Å². The fourth-order valence-corrected chi connectivity index (χ4v) is 2.29. The van der Waals surface area contributed by atoms with Crippen LogP contribution in [0.3, 0.4) is 0 Å². The van der Waals surface area contributed by atoms with E-state index in [-0.39, 0.29) is 5.91 Å². The SMILES string of the molecule is CC(O)CCN(C)C(=O)C1(C#N)CC(C)C1. The van der Waals surface area contributed by atoms with Crippen molar-refractivity contribution in [3.8, 4) is 6.07 Å². The van der Waals surface area contributed by atoms with Crippen molar-refractivity contribution in [2.75, 3.05) is 13.6 Å². The summed E-state index contributed by atoms with van der Waals surface area (Å²) >= 11 is 0. The zero-order valence-corrected chi connectivity index (χ0v) is 10.2. The molecule has 0 spiro atoms. The number of nitrogens with zero attached hydrogens (tertiary/aromatic N) is 2. The summed E-state index contributed by atoms with van der Waals surface area (Å²) in [5.74, 6) is 0.377. The molecule has 0 aromatic rings. The summed E-state index contributed by atoms with van der Waals surface area (Å²) in [6, 6.07) is 2.16. The lowest BCUT2D eigenvalue weighted by Crippen LogP contribution is -2.49. The van der Waals surface area contributed by atoms with Gasteiger partial charge in [-0.25, -0.2) is 0 Å². The van der Waals surface area contributed by atoms with E-state index < -0.39 is 11.5 Å². The van der Waals surface area contributed by atoms with Crippen molar-refractivity contribution in [1.82, 2.24) is 4.90 Å². The van der Waals surface area contributed by atoms with Crippen molar-refractivity contribution in [3.05, 3.63) is 0 Å². The summed E-state index contributed by atoms with van der Waals surface area (Å²) in [6.07, 6.45) is 1.48. The van der Waals surface area contributed by atoms with Gasteiger partial charge in [-0.05, 0) is 32.1 Å². The number of nitriles is 1. The standard InChI is InChI=1S/C12H20N2O2/c1-9-6-12(7-9,8-13)11(16)14(3)5-4-10(2)15/h9-10,15H,4-7H2,1-3H3. The molecule has 0 aromatic carbocycles. The summed E-state index contributed by atoms with van der Waals surface area (Å²) < 4.78 is 0. The molecule has 90 valence electrons. The summed E-state index contributed by atoms with van der Waals surface area (Å²) in [5.41, 5.74) is -0.785. The Morgan fingerprint density at radius 1 is 1.69 bits per heavy atom. The van der Waals surface area contributed by atoms with E-state index in [1.165, 1.54) is 0 Å². The highest BCUT2D eigenvalue weighted by molar-refractivity contribution is 5.86. The molecule has 1 atom stereocenters. The van der Waals surface area contributed by atoms with Gasteiger partial charge in [-0.15, -0.1) is 0 Å². The summed E-state index contributed by atoms with van der Waals surface area (Å²) in [7, 11) is 1.70. The first kappa shape index (κ1) is 13.0. The highest BCUT2D eigenvalue weighted by Gasteiger charge is 2.50. The fraction of sp³-hybridized carbons (Fsp3) is 0.833. The van der Waals surface area contributed by atoms with Crippen molar-refractivity contribution < 1.29 is 9.90 Å². The van der Waals surface area contributed by atoms with E-state index in [1.807, 2.05) is 0 Å². The molecular weight excluding hydrogens is 204 g/mol. The molecule has 0 bridgehead atoms. The number of amides is 1. The van der Waals surface area contributed by atoms with Gasteiger partial charge in [0.05, 0.1) is 12.2 Å². The van der Waals surface area contributed by atoms with Crippen LogP contribution in [-0.4, -0.2) is 35.6 Å². The Morgan fingerprint density at radius 2 is 2.25 bits per heavy atom. The zero-order chi connectivity index (χ0) is 12.3. The third-order valence-electron chi connectivity index (χ3n) is 3.25. The molecule has 1 rings (SSSR count). The van der Waals surface area contributed by atoms with Crippen LogP contribution in [0.25, 0.3) is 0 Å². The third kappa shape index (κ3) is 2.53. The topological polar surface area (TPSA) is 64.3 Å². The first-order valence-corrected chi connectivity index (χ1v) is 5.76. The minimum absolute atomic E-state index is 0.0891. The molecule has 16 heavy (non-hydrogen) atoms. The first-order valence-electron chi connectivity index (χ1n) is 5.76. The zero-order valence-electron chi connectivity index (χ0n) is 10.2. The van der Waals surface area contributed by atoms with E-state index in [2.05, 4.69) is 13.0 Å². The van der Waals surface area contributed by atoms with Crippen LogP contribution >= 0.6 is 0 Å². The van der Waals surface area contributed by atoms with Gasteiger partial charge in [0.15, 0.2) is 0 Å². The van der Waals surface area contributed by atoms with E-state index >= 15 is 0 Å². The lowest BCUT2D eigenvalue weighted by atomic mass is 9.63. The molecule has 0 aliphatic heterocycles. The number of rotatable bonds is 4. The van der Waals surface area contributed by atoms with Gasteiger partial charge < -0.3 is 10.0 Å². The smallest absolute Gasteiger partial charge is 0.242 e. The Labute approximate surface area is 96.9 Å². The van der Waals surface area contributed by atoms with Gasteiger partial charge in [-0.1, -0.05) is 6.92 Å². The molecule has 1 unspecified atom stereocenters. The predicted molar refractivity (Wildman–Crippen MR) is 60.4 cm³/mol. The van der Waals surface area contributed by atoms with Gasteiger partial charge >= 0.3 is 0 Å². The maximum atomic E-state index is 12.1. The fourth-order valence-electron chi connectivity index (χ4n) is 2.29. The number of hydrogen-bond donors (Lipinski definition) is 1. The minimum Gasteiger partial charge on any atom is -0.393 e. The predicted octanol–water partition coefficient (Wildman–Crippen LogP) is 1.16. The average Bonchev–Trinajstić information content (AvgIpc) is 2.19. The van der Waals surface area contributed by atoms with Crippen LogP contribution in [0.15, 0.2) is 0 Å². The van der Waals surface area contributed by atoms with Crippen molar-refractivity contribution in [2.24, 2.45) is 11.3 Å². The van der Waals surface area contributed by atoms with Gasteiger partial charge in [0.25, 0.3) is 0 Å². The molecule has 0 heterocycles. The largest absolute Gasteiger partial charge is 0.393 e. The normalized spacial score (nSPS) is 30.1. The van der Waals surface area contributed by atoms with E-state index in [4.69, 9.17) is 10.4 Å². The molecule has 1 N–H and O–H groups in total. The van der Waals surface area contributed by atoms with Gasteiger partial charge in [-0.2, -0.15) is 5.26 Å². The highest BCUT2D eigenvalue weighted by Crippen LogP contribution is 2.46. The van der Waals surface area contributed by atoms with Crippen LogP contribution in [0.4, 0.5) is 0 Å². The number of carbonyl (C=O) groups excluding carboxylic acids is 1. The van der Waals surface area contributed by atoms with Gasteiger partial charge in [-0.3, -0.25) is 4.79 Å². The molecule has 0 saturated heterocycles. The Morgan fingerprint density at radius 3 is 2.62 bits per heavy atom. The summed E-state index contributed by atoms with van der Waals surface area (Å²) in [5, 5.41) is 18.3. The Hall–Kier alpha value is -1.08. The maximum Gasteiger partial charge on any atom is 0.242 e. The van der Waals surface area contributed by atoms with E-state index in [0.717, 1.165) is 0 Å². The second kappa shape index (κ2) is 4.84. The van der Waals surface area contributed by atoms with Crippen molar-refractivity contribution in [1.29, 1.82) is 5.26 Å². The second-order valence-electron chi connectivity index (χ2n) is 5.07. The van der Waals surface area contributed by atoms with Crippen molar-refractivity contribution in [2.45, 2.75) is 39.2 Å². The highest BCUT2D eigenvalue weighted by atomic mass is 16.3. The maximum absolute atomic E-state index is 12.1. The quantitative estimate of drug-likeness (QED) is 0.779. The van der Waals surface area contributed by atoms with Crippen LogP contribution < -0.4 is 0 Å². The molecule has 4 nitrogen and oxygen atoms in total. The Bertz CT molecular complexity index is 301. The molecule has 1 aliphatic rings. The number of carbonyl (C=O) groups is 1. The van der Waals surface area contributed by atoms with Gasteiger partial charge in [0, 0.05) is 13.6 Å². The Balaban J connectivity index is 2.53. The third-order valence-corrected chi connectivity index (χ3v) is 3.25. The molecule has 1 saturated carbocycles. The lowest BCUT2D eigenvalue weighted by Gasteiger charge is -2.41. The van der Waals surface area contributed by atoms with Crippen LogP contribution in [0.2, 0.25) is 0 Å². The van der Waals surface area contributed by atoms with Crippen molar-refractivity contribution in [3.63, 3.8) is 0 Å². The molecule has 1 fully saturated rings. The van der Waals surface area contributed by atoms with Gasteiger partial charge in [0.1, 0.15) is 5.41 Å². The minimum atomic E-state index is -0.785. The van der Waals surface area contributed by atoms with Crippen LogP contribution in [-0.2, 0) is 4.79 Å². The number of aliphatic hydroxyl groups is 1. The van der Waals surface area contributed by atoms with Gasteiger partial charge in [0.2, 0.25) is 5.91 Å². The van der Waals surface area contributed by atoms with Crippen molar-refractivity contribution >= 4 is 5.91 Å². The molecule has 0 radical (unpaired) electrons. The molecular formula is C12H20N2O2.